The van der Waals surface area contributed by atoms with E-state index in [9.17, 15) is 0 Å². The Bertz CT molecular complexity index is 923. The van der Waals surface area contributed by atoms with Crippen LogP contribution < -0.4 is 0 Å². The molecule has 0 unspecified atom stereocenters. The van der Waals surface area contributed by atoms with Crippen molar-refractivity contribution in [3.8, 4) is 0 Å². The van der Waals surface area contributed by atoms with E-state index in [1.165, 1.54) is 0 Å². The minimum absolute atomic E-state index is 0.204. The fourth-order valence-corrected chi connectivity index (χ4v) is 5.27. The van der Waals surface area contributed by atoms with Gasteiger partial charge in [0.25, 0.3) is 0 Å². The molecular weight excluding hydrogens is 432 g/mol. The Labute approximate surface area is 198 Å². The van der Waals surface area contributed by atoms with Gasteiger partial charge < -0.3 is 23.4 Å². The maximum Gasteiger partial charge on any atom is 0.241 e. The van der Waals surface area contributed by atoms with Gasteiger partial charge in [-0.1, -0.05) is 60.7 Å². The first-order valence-electron chi connectivity index (χ1n) is 11.7. The standard InChI is InChI=1S/C27H36O5Si/c1-27(2)30-25-23(28-18-20-12-8-6-9-13-20)16-22(32-33(3,4)5)17-24(26(25)31-27)29-19-21-14-10-7-11-15-21/h6-16,23-26H,17-19H2,1-5H3/t23-,24+,25+,26-/m0/s1. The summed E-state index contributed by atoms with van der Waals surface area (Å²) in [6, 6.07) is 20.4. The van der Waals surface area contributed by atoms with Crippen molar-refractivity contribution in [2.75, 3.05) is 0 Å². The van der Waals surface area contributed by atoms with Gasteiger partial charge in [0, 0.05) is 6.42 Å². The van der Waals surface area contributed by atoms with E-state index in [1.54, 1.807) is 0 Å². The minimum Gasteiger partial charge on any atom is -0.547 e. The Morgan fingerprint density at radius 2 is 1.36 bits per heavy atom. The van der Waals surface area contributed by atoms with Gasteiger partial charge in [0.2, 0.25) is 8.32 Å². The SMILES string of the molecule is CC1(C)O[C@@H]2[C@H](O1)[C@@H](OCc1ccccc1)C=C(O[Si](C)(C)C)C[C@H]2OCc1ccccc1. The molecule has 1 fully saturated rings. The van der Waals surface area contributed by atoms with E-state index in [0.29, 0.717) is 19.6 Å². The average molecular weight is 469 g/mol. The molecule has 5 nitrogen and oxygen atoms in total. The third-order valence-corrected chi connectivity index (χ3v) is 6.51. The summed E-state index contributed by atoms with van der Waals surface area (Å²) < 4.78 is 32.1. The number of benzene rings is 2. The molecule has 1 aliphatic carbocycles. The zero-order chi connectivity index (χ0) is 23.5. The Kier molecular flexibility index (Phi) is 7.41. The second-order valence-corrected chi connectivity index (χ2v) is 14.6. The molecule has 0 radical (unpaired) electrons. The van der Waals surface area contributed by atoms with Crippen molar-refractivity contribution in [2.45, 2.75) is 83.3 Å². The van der Waals surface area contributed by atoms with Gasteiger partial charge in [-0.05, 0) is 50.7 Å². The highest BCUT2D eigenvalue weighted by atomic mass is 28.4. The van der Waals surface area contributed by atoms with Crippen molar-refractivity contribution in [3.05, 3.63) is 83.6 Å². The number of fused-ring (bicyclic) bond motifs is 1. The Balaban J connectivity index is 1.58. The summed E-state index contributed by atoms with van der Waals surface area (Å²) in [5, 5.41) is 0. The lowest BCUT2D eigenvalue weighted by molar-refractivity contribution is -0.166. The van der Waals surface area contributed by atoms with E-state index in [2.05, 4.69) is 50.0 Å². The summed E-state index contributed by atoms with van der Waals surface area (Å²) in [6.07, 6.45) is 1.67. The summed E-state index contributed by atoms with van der Waals surface area (Å²) in [4.78, 5) is 0. The third-order valence-electron chi connectivity index (χ3n) is 5.64. The summed E-state index contributed by atoms with van der Waals surface area (Å²) in [5.41, 5.74) is 2.25. The van der Waals surface area contributed by atoms with Crippen LogP contribution in [0.4, 0.5) is 0 Å². The molecule has 0 aromatic heterocycles. The lowest BCUT2D eigenvalue weighted by Gasteiger charge is -2.28. The van der Waals surface area contributed by atoms with E-state index in [4.69, 9.17) is 23.4 Å². The van der Waals surface area contributed by atoms with Crippen LogP contribution in [0, 0.1) is 0 Å². The normalized spacial score (nSPS) is 26.9. The fourth-order valence-electron chi connectivity index (χ4n) is 4.33. The van der Waals surface area contributed by atoms with Crippen LogP contribution >= 0.6 is 0 Å². The minimum atomic E-state index is -1.83. The largest absolute Gasteiger partial charge is 0.547 e. The first kappa shape index (κ1) is 24.2. The van der Waals surface area contributed by atoms with Crippen LogP contribution in [0.3, 0.4) is 0 Å². The molecular formula is C27H36O5Si. The molecule has 0 spiro atoms. The molecule has 0 bridgehead atoms. The zero-order valence-electron chi connectivity index (χ0n) is 20.3. The fraction of sp³-hybridized carbons (Fsp3) is 0.481. The quantitative estimate of drug-likeness (QED) is 0.457. The van der Waals surface area contributed by atoms with Gasteiger partial charge in [-0.3, -0.25) is 0 Å². The Morgan fingerprint density at radius 1 is 0.818 bits per heavy atom. The molecule has 4 atom stereocenters. The van der Waals surface area contributed by atoms with E-state index < -0.39 is 14.1 Å². The van der Waals surface area contributed by atoms with Crippen LogP contribution in [-0.2, 0) is 36.6 Å². The van der Waals surface area contributed by atoms with Crippen LogP contribution in [0.15, 0.2) is 72.5 Å². The molecule has 4 rings (SSSR count). The molecule has 0 N–H and O–H groups in total. The van der Waals surface area contributed by atoms with E-state index in [-0.39, 0.29) is 24.4 Å². The molecule has 1 aliphatic heterocycles. The lowest BCUT2D eigenvalue weighted by Crippen LogP contribution is -2.42. The molecule has 178 valence electrons. The van der Waals surface area contributed by atoms with Gasteiger partial charge in [-0.2, -0.15) is 0 Å². The van der Waals surface area contributed by atoms with Gasteiger partial charge >= 0.3 is 0 Å². The smallest absolute Gasteiger partial charge is 0.241 e. The second kappa shape index (κ2) is 10.1. The first-order valence-corrected chi connectivity index (χ1v) is 15.2. The molecule has 2 aliphatic rings. The predicted octanol–water partition coefficient (Wildman–Crippen LogP) is 5.82. The predicted molar refractivity (Wildman–Crippen MR) is 131 cm³/mol. The summed E-state index contributed by atoms with van der Waals surface area (Å²) in [5.74, 6) is 0.202. The maximum absolute atomic E-state index is 6.47. The summed E-state index contributed by atoms with van der Waals surface area (Å²) in [6.45, 7) is 11.5. The summed E-state index contributed by atoms with van der Waals surface area (Å²) in [7, 11) is -1.83. The highest BCUT2D eigenvalue weighted by Crippen LogP contribution is 2.39. The first-order chi connectivity index (χ1) is 15.7. The second-order valence-electron chi connectivity index (χ2n) is 10.2. The average Bonchev–Trinajstić information content (AvgIpc) is 3.03. The van der Waals surface area contributed by atoms with Crippen LogP contribution in [0.1, 0.15) is 31.4 Å². The lowest BCUT2D eigenvalue weighted by atomic mass is 10.0. The van der Waals surface area contributed by atoms with Gasteiger partial charge in [0.05, 0.1) is 25.1 Å². The molecule has 1 saturated heterocycles. The van der Waals surface area contributed by atoms with E-state index in [1.807, 2.05) is 50.2 Å². The molecule has 33 heavy (non-hydrogen) atoms. The molecule has 2 aromatic carbocycles. The van der Waals surface area contributed by atoms with Crippen LogP contribution in [0.5, 0.6) is 0 Å². The van der Waals surface area contributed by atoms with Gasteiger partial charge in [-0.15, -0.1) is 0 Å². The molecule has 2 aromatic rings. The number of ether oxygens (including phenoxy) is 4. The van der Waals surface area contributed by atoms with Crippen molar-refractivity contribution >= 4 is 8.32 Å². The highest BCUT2D eigenvalue weighted by molar-refractivity contribution is 6.70. The number of rotatable bonds is 8. The topological polar surface area (TPSA) is 46.2 Å². The van der Waals surface area contributed by atoms with Crippen LogP contribution in [0.25, 0.3) is 0 Å². The van der Waals surface area contributed by atoms with Gasteiger partial charge in [0.1, 0.15) is 18.3 Å². The summed E-state index contributed by atoms with van der Waals surface area (Å²) >= 11 is 0. The van der Waals surface area contributed by atoms with Crippen LogP contribution in [0.2, 0.25) is 19.6 Å². The number of hydrogen-bond acceptors (Lipinski definition) is 5. The number of hydrogen-bond donors (Lipinski definition) is 0. The van der Waals surface area contributed by atoms with Crippen molar-refractivity contribution in [1.29, 1.82) is 0 Å². The van der Waals surface area contributed by atoms with E-state index in [0.717, 1.165) is 16.9 Å². The third kappa shape index (κ3) is 6.77. The van der Waals surface area contributed by atoms with Crippen LogP contribution in [-0.4, -0.2) is 38.5 Å². The molecule has 0 saturated carbocycles. The van der Waals surface area contributed by atoms with Gasteiger partial charge in [0.15, 0.2) is 5.79 Å². The zero-order valence-corrected chi connectivity index (χ0v) is 21.3. The molecule has 0 amide bonds. The van der Waals surface area contributed by atoms with Crippen molar-refractivity contribution < 1.29 is 23.4 Å². The molecule has 1 heterocycles. The van der Waals surface area contributed by atoms with E-state index >= 15 is 0 Å². The van der Waals surface area contributed by atoms with Crippen molar-refractivity contribution in [1.82, 2.24) is 0 Å². The molecule has 6 heteroatoms. The van der Waals surface area contributed by atoms with Crippen molar-refractivity contribution in [3.63, 3.8) is 0 Å². The Morgan fingerprint density at radius 3 is 1.94 bits per heavy atom. The monoisotopic (exact) mass is 468 g/mol. The van der Waals surface area contributed by atoms with Gasteiger partial charge in [-0.25, -0.2) is 0 Å². The maximum atomic E-state index is 6.47. The Hall–Kier alpha value is -1.96. The highest BCUT2D eigenvalue weighted by Gasteiger charge is 2.51. The van der Waals surface area contributed by atoms with Crippen molar-refractivity contribution in [2.24, 2.45) is 0 Å².